The molecule has 2 atom stereocenters. The summed E-state index contributed by atoms with van der Waals surface area (Å²) in [7, 11) is 0. The summed E-state index contributed by atoms with van der Waals surface area (Å²) in [6, 6.07) is 5.86. The lowest BCUT2D eigenvalue weighted by atomic mass is 9.79. The molecule has 1 saturated heterocycles. The zero-order valence-electron chi connectivity index (χ0n) is 16.5. The van der Waals surface area contributed by atoms with E-state index < -0.39 is 0 Å². The van der Waals surface area contributed by atoms with Crippen molar-refractivity contribution in [2.75, 3.05) is 18.1 Å². The summed E-state index contributed by atoms with van der Waals surface area (Å²) in [5.41, 5.74) is 7.14. The lowest BCUT2D eigenvalue weighted by Gasteiger charge is -2.42. The molecule has 2 bridgehead atoms. The fourth-order valence-corrected chi connectivity index (χ4v) is 8.99. The molecule has 2 aliphatic carbocycles. The zero-order valence-corrected chi connectivity index (χ0v) is 18.1. The van der Waals surface area contributed by atoms with Gasteiger partial charge in [0, 0.05) is 17.4 Å². The van der Waals surface area contributed by atoms with Crippen molar-refractivity contribution < 1.29 is 14.3 Å². The minimum atomic E-state index is -0.340. The van der Waals surface area contributed by atoms with Crippen molar-refractivity contribution in [2.45, 2.75) is 43.6 Å². The molecule has 3 aliphatic rings. The number of carbonyl (C=O) groups excluding carboxylic acids is 2. The summed E-state index contributed by atoms with van der Waals surface area (Å²) < 4.78 is 6.02. The highest BCUT2D eigenvalue weighted by Crippen LogP contribution is 2.65. The number of para-hydroxylation sites is 1. The van der Waals surface area contributed by atoms with Crippen molar-refractivity contribution >= 4 is 35.3 Å². The van der Waals surface area contributed by atoms with Gasteiger partial charge in [0.25, 0.3) is 5.91 Å². The Hall–Kier alpha value is -1.34. The molecule has 1 heterocycles. The van der Waals surface area contributed by atoms with E-state index >= 15 is 0 Å². The van der Waals surface area contributed by atoms with Gasteiger partial charge in [0.2, 0.25) is 5.91 Å². The number of hydrogen-bond acceptors (Lipinski definition) is 5. The second-order valence-corrected chi connectivity index (χ2v) is 11.1. The maximum Gasteiger partial charge on any atom is 0.276 e. The normalized spacial score (nSPS) is 27.6. The Morgan fingerprint density at radius 3 is 2.29 bits per heavy atom. The summed E-state index contributed by atoms with van der Waals surface area (Å²) in [6.07, 6.45) is 4.36. The molecule has 3 fully saturated rings. The van der Waals surface area contributed by atoms with Gasteiger partial charge in [0.05, 0.1) is 4.08 Å². The molecule has 0 aromatic heterocycles. The van der Waals surface area contributed by atoms with Crippen LogP contribution in [-0.2, 0) is 9.59 Å². The maximum absolute atomic E-state index is 12.6. The van der Waals surface area contributed by atoms with Crippen LogP contribution >= 0.6 is 23.5 Å². The van der Waals surface area contributed by atoms with Crippen LogP contribution in [0.15, 0.2) is 18.2 Å². The largest absolute Gasteiger partial charge is 0.483 e. The Kier molecular flexibility index (Phi) is 5.83. The standard InChI is InChI=1S/C21H28N2O3S2/c1-13-4-3-5-14(2)19(13)26-12-18(24)22-23-20(25)15-10-16-6-7-17(11-15)21(16)27-8-9-28-21/h3-5,15-17H,6-12H2,1-2H3,(H,22,24)(H,23,25). The number of benzene rings is 1. The van der Waals surface area contributed by atoms with Gasteiger partial charge in [0.1, 0.15) is 5.75 Å². The summed E-state index contributed by atoms with van der Waals surface area (Å²) in [5, 5.41) is 0. The molecule has 4 rings (SSSR count). The molecule has 1 aliphatic heterocycles. The molecule has 152 valence electrons. The van der Waals surface area contributed by atoms with Crippen LogP contribution in [0.1, 0.15) is 36.8 Å². The molecule has 28 heavy (non-hydrogen) atoms. The van der Waals surface area contributed by atoms with Gasteiger partial charge in [0.15, 0.2) is 6.61 Å². The van der Waals surface area contributed by atoms with Gasteiger partial charge >= 0.3 is 0 Å². The molecule has 2 N–H and O–H groups in total. The van der Waals surface area contributed by atoms with Crippen LogP contribution in [0, 0.1) is 31.6 Å². The highest BCUT2D eigenvalue weighted by atomic mass is 32.2. The number of hydrazine groups is 1. The van der Waals surface area contributed by atoms with Gasteiger partial charge in [-0.2, -0.15) is 0 Å². The van der Waals surface area contributed by atoms with Crippen molar-refractivity contribution in [3.8, 4) is 5.75 Å². The lowest BCUT2D eigenvalue weighted by Crippen LogP contribution is -2.49. The van der Waals surface area contributed by atoms with Crippen LogP contribution in [0.5, 0.6) is 5.75 Å². The summed E-state index contributed by atoms with van der Waals surface area (Å²) in [4.78, 5) is 24.7. The molecule has 2 unspecified atom stereocenters. The molecule has 2 saturated carbocycles. The Bertz CT molecular complexity index is 728. The number of nitrogens with one attached hydrogen (secondary N) is 2. The van der Waals surface area contributed by atoms with E-state index in [0.29, 0.717) is 15.9 Å². The topological polar surface area (TPSA) is 67.4 Å². The molecule has 2 amide bonds. The van der Waals surface area contributed by atoms with Crippen LogP contribution in [0.3, 0.4) is 0 Å². The Morgan fingerprint density at radius 2 is 1.68 bits per heavy atom. The van der Waals surface area contributed by atoms with E-state index in [0.717, 1.165) is 29.7 Å². The number of aryl methyl sites for hydroxylation is 2. The van der Waals surface area contributed by atoms with E-state index in [1.54, 1.807) is 0 Å². The van der Waals surface area contributed by atoms with Crippen LogP contribution in [-0.4, -0.2) is 34.0 Å². The Balaban J connectivity index is 1.25. The highest BCUT2D eigenvalue weighted by Gasteiger charge is 2.57. The Labute approximate surface area is 175 Å². The number of thioether (sulfide) groups is 2. The highest BCUT2D eigenvalue weighted by molar-refractivity contribution is 8.21. The van der Waals surface area contributed by atoms with Gasteiger partial charge in [-0.25, -0.2) is 0 Å². The monoisotopic (exact) mass is 420 g/mol. The third-order valence-corrected chi connectivity index (χ3v) is 10.3. The molecule has 1 aromatic rings. The number of carbonyl (C=O) groups is 2. The first-order valence-corrected chi connectivity index (χ1v) is 12.0. The predicted molar refractivity (Wildman–Crippen MR) is 114 cm³/mol. The van der Waals surface area contributed by atoms with Gasteiger partial charge in [-0.15, -0.1) is 23.5 Å². The molecule has 1 aromatic carbocycles. The SMILES string of the molecule is Cc1cccc(C)c1OCC(=O)NNC(=O)C1CC2CCC(C1)C21SCCS1. The first-order chi connectivity index (χ1) is 13.5. The third-order valence-electron chi connectivity index (χ3n) is 6.33. The van der Waals surface area contributed by atoms with Crippen LogP contribution in [0.25, 0.3) is 0 Å². The number of rotatable bonds is 4. The van der Waals surface area contributed by atoms with E-state index in [2.05, 4.69) is 34.4 Å². The van der Waals surface area contributed by atoms with E-state index in [1.165, 1.54) is 24.3 Å². The summed E-state index contributed by atoms with van der Waals surface area (Å²) >= 11 is 4.26. The first kappa shape index (κ1) is 20.0. The van der Waals surface area contributed by atoms with Gasteiger partial charge in [-0.1, -0.05) is 18.2 Å². The number of hydrogen-bond donors (Lipinski definition) is 2. The van der Waals surface area contributed by atoms with Gasteiger partial charge in [-0.05, 0) is 62.5 Å². The van der Waals surface area contributed by atoms with Crippen molar-refractivity contribution in [1.82, 2.24) is 10.9 Å². The minimum Gasteiger partial charge on any atom is -0.483 e. The quantitative estimate of drug-likeness (QED) is 0.731. The van der Waals surface area contributed by atoms with E-state index in [1.807, 2.05) is 32.0 Å². The minimum absolute atomic E-state index is 0.00440. The second kappa shape index (κ2) is 8.19. The molecule has 5 nitrogen and oxygen atoms in total. The smallest absolute Gasteiger partial charge is 0.276 e. The van der Waals surface area contributed by atoms with Crippen molar-refractivity contribution in [1.29, 1.82) is 0 Å². The van der Waals surface area contributed by atoms with Crippen molar-refractivity contribution in [3.63, 3.8) is 0 Å². The second-order valence-electron chi connectivity index (χ2n) is 8.10. The van der Waals surface area contributed by atoms with Crippen LogP contribution in [0.4, 0.5) is 0 Å². The molecule has 0 radical (unpaired) electrons. The van der Waals surface area contributed by atoms with E-state index in [-0.39, 0.29) is 24.3 Å². The fraction of sp³-hybridized carbons (Fsp3) is 0.619. The fourth-order valence-electron chi connectivity index (χ4n) is 5.05. The average Bonchev–Trinajstić information content (AvgIpc) is 3.21. The zero-order chi connectivity index (χ0) is 19.7. The average molecular weight is 421 g/mol. The van der Waals surface area contributed by atoms with Crippen LogP contribution in [0.2, 0.25) is 0 Å². The lowest BCUT2D eigenvalue weighted by molar-refractivity contribution is -0.133. The van der Waals surface area contributed by atoms with Crippen molar-refractivity contribution in [2.24, 2.45) is 17.8 Å². The third kappa shape index (κ3) is 3.75. The molecule has 1 spiro atoms. The first-order valence-electron chi connectivity index (χ1n) is 10.0. The maximum atomic E-state index is 12.6. The number of amides is 2. The van der Waals surface area contributed by atoms with E-state index in [4.69, 9.17) is 4.74 Å². The Morgan fingerprint density at radius 1 is 1.07 bits per heavy atom. The van der Waals surface area contributed by atoms with Gasteiger partial charge < -0.3 is 4.74 Å². The van der Waals surface area contributed by atoms with Crippen molar-refractivity contribution in [3.05, 3.63) is 29.3 Å². The van der Waals surface area contributed by atoms with E-state index in [9.17, 15) is 9.59 Å². The van der Waals surface area contributed by atoms with Crippen LogP contribution < -0.4 is 15.6 Å². The van der Waals surface area contributed by atoms with Gasteiger partial charge in [-0.3, -0.25) is 20.4 Å². The molecule has 7 heteroatoms. The summed E-state index contributed by atoms with van der Waals surface area (Å²) in [5.74, 6) is 4.07. The summed E-state index contributed by atoms with van der Waals surface area (Å²) in [6.45, 7) is 3.79. The molecular weight excluding hydrogens is 392 g/mol. The molecular formula is C21H28N2O3S2. The number of ether oxygens (including phenoxy) is 1. The predicted octanol–water partition coefficient (Wildman–Crippen LogP) is 3.44.